The monoisotopic (exact) mass is 303 g/mol. The molecule has 0 amide bonds. The van der Waals surface area contributed by atoms with E-state index >= 15 is 0 Å². The number of rotatable bonds is 8. The van der Waals surface area contributed by atoms with Gasteiger partial charge in [-0.1, -0.05) is 0 Å². The van der Waals surface area contributed by atoms with Gasteiger partial charge < -0.3 is 14.2 Å². The Balaban J connectivity index is 2.89. The topological polar surface area (TPSA) is 73.9 Å². The van der Waals surface area contributed by atoms with E-state index in [1.54, 1.807) is 39.3 Å². The predicted octanol–water partition coefficient (Wildman–Crippen LogP) is 1.62. The third-order valence-corrected chi connectivity index (χ3v) is 4.17. The highest BCUT2D eigenvalue weighted by Crippen LogP contribution is 2.24. The van der Waals surface area contributed by atoms with Gasteiger partial charge in [0.1, 0.15) is 5.75 Å². The number of hydrogen-bond acceptors (Lipinski definition) is 5. The lowest BCUT2D eigenvalue weighted by Crippen LogP contribution is -2.25. The smallest absolute Gasteiger partial charge is 0.235 e. The first-order chi connectivity index (χ1) is 9.41. The molecule has 20 heavy (non-hydrogen) atoms. The molecule has 114 valence electrons. The largest absolute Gasteiger partial charge is 0.496 e. The summed E-state index contributed by atoms with van der Waals surface area (Å²) in [6.07, 6.45) is -0.371. The SMILES string of the molecule is COCc1cc(NS(=O)(=O)CC(C)OC)ccc1OC. The maximum absolute atomic E-state index is 11.9. The van der Waals surface area contributed by atoms with Crippen LogP contribution in [0.3, 0.4) is 0 Å². The second-order valence-electron chi connectivity index (χ2n) is 4.39. The molecule has 1 aromatic rings. The highest BCUT2D eigenvalue weighted by Gasteiger charge is 2.16. The van der Waals surface area contributed by atoms with Crippen LogP contribution in [0.1, 0.15) is 12.5 Å². The summed E-state index contributed by atoms with van der Waals surface area (Å²) in [6, 6.07) is 5.04. The van der Waals surface area contributed by atoms with Crippen LogP contribution in [0.15, 0.2) is 18.2 Å². The lowest BCUT2D eigenvalue weighted by atomic mass is 10.2. The van der Waals surface area contributed by atoms with Crippen molar-refractivity contribution in [3.63, 3.8) is 0 Å². The van der Waals surface area contributed by atoms with Gasteiger partial charge in [-0.25, -0.2) is 8.42 Å². The van der Waals surface area contributed by atoms with Gasteiger partial charge in [-0.15, -0.1) is 0 Å². The van der Waals surface area contributed by atoms with Gasteiger partial charge in [0.15, 0.2) is 0 Å². The second kappa shape index (κ2) is 7.47. The predicted molar refractivity (Wildman–Crippen MR) is 77.6 cm³/mol. The van der Waals surface area contributed by atoms with Crippen molar-refractivity contribution in [3.05, 3.63) is 23.8 Å². The fraction of sp³-hybridized carbons (Fsp3) is 0.538. The Morgan fingerprint density at radius 3 is 2.50 bits per heavy atom. The van der Waals surface area contributed by atoms with Crippen molar-refractivity contribution in [3.8, 4) is 5.75 Å². The molecule has 0 heterocycles. The van der Waals surface area contributed by atoms with Crippen molar-refractivity contribution < 1.29 is 22.6 Å². The van der Waals surface area contributed by atoms with E-state index in [4.69, 9.17) is 14.2 Å². The fourth-order valence-corrected chi connectivity index (χ4v) is 3.03. The minimum Gasteiger partial charge on any atom is -0.496 e. The Labute approximate surface area is 120 Å². The number of ether oxygens (including phenoxy) is 3. The van der Waals surface area contributed by atoms with Gasteiger partial charge >= 0.3 is 0 Å². The van der Waals surface area contributed by atoms with Gasteiger partial charge in [0.05, 0.1) is 25.6 Å². The van der Waals surface area contributed by atoms with Crippen LogP contribution in [-0.4, -0.2) is 41.6 Å². The molecule has 0 aromatic heterocycles. The molecule has 1 aromatic carbocycles. The van der Waals surface area contributed by atoms with Gasteiger partial charge in [0, 0.05) is 25.5 Å². The van der Waals surface area contributed by atoms with Crippen LogP contribution in [0.2, 0.25) is 0 Å². The molecule has 6 nitrogen and oxygen atoms in total. The molecule has 0 aliphatic carbocycles. The molecule has 0 radical (unpaired) electrons. The summed E-state index contributed by atoms with van der Waals surface area (Å²) in [5, 5.41) is 0. The van der Waals surface area contributed by atoms with Crippen LogP contribution in [0.4, 0.5) is 5.69 Å². The summed E-state index contributed by atoms with van der Waals surface area (Å²) in [6.45, 7) is 2.04. The van der Waals surface area contributed by atoms with E-state index in [0.29, 0.717) is 18.0 Å². The van der Waals surface area contributed by atoms with Crippen molar-refractivity contribution in [2.75, 3.05) is 31.8 Å². The first-order valence-corrected chi connectivity index (χ1v) is 7.76. The summed E-state index contributed by atoms with van der Waals surface area (Å²) in [7, 11) is 1.14. The lowest BCUT2D eigenvalue weighted by Gasteiger charge is -2.14. The Morgan fingerprint density at radius 1 is 1.25 bits per heavy atom. The maximum Gasteiger partial charge on any atom is 0.235 e. The first-order valence-electron chi connectivity index (χ1n) is 6.11. The van der Waals surface area contributed by atoms with Crippen LogP contribution in [0, 0.1) is 0 Å². The van der Waals surface area contributed by atoms with Crippen molar-refractivity contribution >= 4 is 15.7 Å². The minimum atomic E-state index is -3.45. The zero-order valence-corrected chi connectivity index (χ0v) is 13.0. The van der Waals surface area contributed by atoms with E-state index in [9.17, 15) is 8.42 Å². The number of hydrogen-bond donors (Lipinski definition) is 1. The maximum atomic E-state index is 11.9. The van der Waals surface area contributed by atoms with Gasteiger partial charge in [-0.05, 0) is 25.1 Å². The highest BCUT2D eigenvalue weighted by atomic mass is 32.2. The minimum absolute atomic E-state index is 0.102. The van der Waals surface area contributed by atoms with Crippen LogP contribution < -0.4 is 9.46 Å². The van der Waals surface area contributed by atoms with Crippen LogP contribution in [0.25, 0.3) is 0 Å². The van der Waals surface area contributed by atoms with E-state index in [-0.39, 0.29) is 11.9 Å². The van der Waals surface area contributed by atoms with E-state index < -0.39 is 10.0 Å². The summed E-state index contributed by atoms with van der Waals surface area (Å²) < 4.78 is 41.6. The van der Waals surface area contributed by atoms with E-state index in [1.807, 2.05) is 0 Å². The van der Waals surface area contributed by atoms with Crippen LogP contribution >= 0.6 is 0 Å². The molecule has 7 heteroatoms. The summed E-state index contributed by atoms with van der Waals surface area (Å²) in [5.41, 5.74) is 1.25. The second-order valence-corrected chi connectivity index (χ2v) is 6.16. The van der Waals surface area contributed by atoms with Gasteiger partial charge in [0.25, 0.3) is 0 Å². The molecule has 1 unspecified atom stereocenters. The number of methoxy groups -OCH3 is 3. The summed E-state index contributed by atoms with van der Waals surface area (Å²) in [4.78, 5) is 0. The van der Waals surface area contributed by atoms with Gasteiger partial charge in [-0.3, -0.25) is 4.72 Å². The lowest BCUT2D eigenvalue weighted by molar-refractivity contribution is 0.136. The molecule has 1 atom stereocenters. The third-order valence-electron chi connectivity index (χ3n) is 2.71. The third kappa shape index (κ3) is 4.99. The Bertz CT molecular complexity index is 530. The van der Waals surface area contributed by atoms with Crippen molar-refractivity contribution in [1.29, 1.82) is 0 Å². The van der Waals surface area contributed by atoms with Gasteiger partial charge in [0.2, 0.25) is 10.0 Å². The Hall–Kier alpha value is -1.31. The quantitative estimate of drug-likeness (QED) is 0.790. The average molecular weight is 303 g/mol. The molecule has 0 spiro atoms. The fourth-order valence-electron chi connectivity index (χ4n) is 1.71. The standard InChI is InChI=1S/C13H21NO5S/c1-10(18-3)9-20(15,16)14-12-5-6-13(19-4)11(7-12)8-17-2/h5-7,10,14H,8-9H2,1-4H3. The van der Waals surface area contributed by atoms with Gasteiger partial charge in [-0.2, -0.15) is 0 Å². The number of benzene rings is 1. The molecular formula is C13H21NO5S. The molecule has 0 bridgehead atoms. The van der Waals surface area contributed by atoms with E-state index in [1.165, 1.54) is 7.11 Å². The van der Waals surface area contributed by atoms with E-state index in [2.05, 4.69) is 4.72 Å². The Morgan fingerprint density at radius 2 is 1.95 bits per heavy atom. The highest BCUT2D eigenvalue weighted by molar-refractivity contribution is 7.92. The zero-order chi connectivity index (χ0) is 15.2. The molecule has 0 saturated carbocycles. The summed E-state index contributed by atoms with van der Waals surface area (Å²) in [5.74, 6) is 0.551. The molecule has 1 N–H and O–H groups in total. The molecular weight excluding hydrogens is 282 g/mol. The average Bonchev–Trinajstić information content (AvgIpc) is 2.38. The Kier molecular flexibility index (Phi) is 6.25. The zero-order valence-electron chi connectivity index (χ0n) is 12.2. The molecule has 0 aliphatic rings. The first kappa shape index (κ1) is 16.7. The van der Waals surface area contributed by atoms with Crippen molar-refractivity contribution in [2.45, 2.75) is 19.6 Å². The molecule has 0 fully saturated rings. The normalized spacial score (nSPS) is 13.0. The number of sulfonamides is 1. The van der Waals surface area contributed by atoms with Crippen molar-refractivity contribution in [2.24, 2.45) is 0 Å². The molecule has 0 saturated heterocycles. The van der Waals surface area contributed by atoms with Crippen LogP contribution in [-0.2, 0) is 26.1 Å². The van der Waals surface area contributed by atoms with E-state index in [0.717, 1.165) is 5.56 Å². The molecule has 0 aliphatic heterocycles. The van der Waals surface area contributed by atoms with Crippen LogP contribution in [0.5, 0.6) is 5.75 Å². The molecule has 1 rings (SSSR count). The number of anilines is 1. The number of nitrogens with one attached hydrogen (secondary N) is 1. The van der Waals surface area contributed by atoms with Crippen molar-refractivity contribution in [1.82, 2.24) is 0 Å². The summed E-state index contributed by atoms with van der Waals surface area (Å²) >= 11 is 0.